The third kappa shape index (κ3) is 2.67. The molecule has 1 aliphatic heterocycles. The first-order chi connectivity index (χ1) is 8.09. The molecule has 2 rings (SSSR count). The third-order valence-corrected chi connectivity index (χ3v) is 4.09. The summed E-state index contributed by atoms with van der Waals surface area (Å²) in [5.74, 6) is 1.13. The lowest BCUT2D eigenvalue weighted by Crippen LogP contribution is -3.00. The molecule has 1 nitrogen and oxygen atoms in total. The highest BCUT2D eigenvalue weighted by atomic mass is 127. The van der Waals surface area contributed by atoms with Crippen molar-refractivity contribution in [1.29, 1.82) is 0 Å². The molecule has 0 fully saturated rings. The van der Waals surface area contributed by atoms with Crippen LogP contribution in [-0.2, 0) is 5.41 Å². The average molecular weight is 373 g/mol. The van der Waals surface area contributed by atoms with Gasteiger partial charge < -0.3 is 24.0 Å². The molecule has 0 saturated carbocycles. The number of allylic oxidation sites excluding steroid dienone is 1. The number of halogens is 1. The molecule has 1 aromatic rings. The Morgan fingerprint density at radius 1 is 1.28 bits per heavy atom. The lowest BCUT2D eigenvalue weighted by molar-refractivity contribution is -0.401. The average Bonchev–Trinajstić information content (AvgIpc) is 2.51. The molecule has 0 radical (unpaired) electrons. The zero-order valence-electron chi connectivity index (χ0n) is 11.4. The molecule has 3 heteroatoms. The van der Waals surface area contributed by atoms with E-state index in [1.807, 2.05) is 11.8 Å². The van der Waals surface area contributed by atoms with Crippen molar-refractivity contribution < 1.29 is 28.6 Å². The second-order valence-corrected chi connectivity index (χ2v) is 6.03. The quantitative estimate of drug-likeness (QED) is 0.564. The Bertz CT molecular complexity index is 489. The van der Waals surface area contributed by atoms with Crippen LogP contribution in [0.15, 0.2) is 35.7 Å². The SMILES string of the molecule is CCSC=CC1=[N+](C)c2ccccc2C1(C)C.[I-]. The minimum absolute atomic E-state index is 0. The summed E-state index contributed by atoms with van der Waals surface area (Å²) in [6, 6.07) is 8.67. The molecule has 0 amide bonds. The number of fused-ring (bicyclic) bond motifs is 1. The Morgan fingerprint density at radius 3 is 2.56 bits per heavy atom. The lowest BCUT2D eigenvalue weighted by Gasteiger charge is -2.14. The van der Waals surface area contributed by atoms with Crippen molar-refractivity contribution >= 4 is 23.2 Å². The molecule has 1 aromatic carbocycles. The Kier molecular flexibility index (Phi) is 5.46. The van der Waals surface area contributed by atoms with E-state index in [0.717, 1.165) is 5.75 Å². The maximum absolute atomic E-state index is 2.31. The fourth-order valence-electron chi connectivity index (χ4n) is 2.51. The van der Waals surface area contributed by atoms with Crippen LogP contribution in [0.25, 0.3) is 0 Å². The van der Waals surface area contributed by atoms with Crippen LogP contribution in [0, 0.1) is 0 Å². The van der Waals surface area contributed by atoms with Gasteiger partial charge in [-0.25, -0.2) is 0 Å². The molecule has 98 valence electrons. The summed E-state index contributed by atoms with van der Waals surface area (Å²) in [6.07, 6.45) is 2.26. The van der Waals surface area contributed by atoms with E-state index in [2.05, 4.69) is 68.1 Å². The number of benzene rings is 1. The smallest absolute Gasteiger partial charge is 0.209 e. The van der Waals surface area contributed by atoms with Crippen molar-refractivity contribution in [1.82, 2.24) is 0 Å². The third-order valence-electron chi connectivity index (χ3n) is 3.43. The molecule has 1 aliphatic rings. The summed E-state index contributed by atoms with van der Waals surface area (Å²) in [5, 5.41) is 2.21. The van der Waals surface area contributed by atoms with Crippen LogP contribution < -0.4 is 24.0 Å². The molecular formula is C15H20INS. The predicted octanol–water partition coefficient (Wildman–Crippen LogP) is 0.963. The van der Waals surface area contributed by atoms with Crippen LogP contribution in [0.1, 0.15) is 26.3 Å². The highest BCUT2D eigenvalue weighted by Gasteiger charge is 2.42. The second kappa shape index (κ2) is 6.24. The van der Waals surface area contributed by atoms with Gasteiger partial charge in [0.25, 0.3) is 0 Å². The van der Waals surface area contributed by atoms with Gasteiger partial charge in [0, 0.05) is 17.7 Å². The van der Waals surface area contributed by atoms with Crippen molar-refractivity contribution in [3.63, 3.8) is 0 Å². The van der Waals surface area contributed by atoms with E-state index >= 15 is 0 Å². The first-order valence-electron chi connectivity index (χ1n) is 6.08. The molecule has 0 N–H and O–H groups in total. The van der Waals surface area contributed by atoms with Gasteiger partial charge in [-0.15, -0.1) is 11.8 Å². The van der Waals surface area contributed by atoms with Crippen LogP contribution in [0.4, 0.5) is 5.69 Å². The van der Waals surface area contributed by atoms with Crippen molar-refractivity contribution in [2.45, 2.75) is 26.2 Å². The van der Waals surface area contributed by atoms with Crippen LogP contribution in [0.2, 0.25) is 0 Å². The molecular weight excluding hydrogens is 353 g/mol. The standard InChI is InChI=1S/C15H20NS.HI/c1-5-17-11-10-14-15(2,3)12-8-6-7-9-13(12)16(14)4;/h6-11H,5H2,1-4H3;1H/q+1;/p-1. The van der Waals surface area contributed by atoms with E-state index in [0.29, 0.717) is 0 Å². The molecule has 0 unspecified atom stereocenters. The summed E-state index contributed by atoms with van der Waals surface area (Å²) < 4.78 is 2.31. The highest BCUT2D eigenvalue weighted by Crippen LogP contribution is 2.39. The predicted molar refractivity (Wildman–Crippen MR) is 77.6 cm³/mol. The number of hydrogen-bond acceptors (Lipinski definition) is 1. The van der Waals surface area contributed by atoms with Crippen molar-refractivity contribution in [3.8, 4) is 0 Å². The fraction of sp³-hybridized carbons (Fsp3) is 0.400. The van der Waals surface area contributed by atoms with Crippen molar-refractivity contribution in [3.05, 3.63) is 41.3 Å². The Hall–Kier alpha value is -0.290. The normalized spacial score (nSPS) is 16.9. The van der Waals surface area contributed by atoms with Gasteiger partial charge in [-0.3, -0.25) is 0 Å². The highest BCUT2D eigenvalue weighted by molar-refractivity contribution is 8.02. The number of thioether (sulfide) groups is 1. The zero-order chi connectivity index (χ0) is 12.5. The molecule has 1 heterocycles. The van der Waals surface area contributed by atoms with Crippen molar-refractivity contribution in [2.24, 2.45) is 0 Å². The summed E-state index contributed by atoms with van der Waals surface area (Å²) in [5.41, 5.74) is 4.23. The maximum atomic E-state index is 2.31. The maximum Gasteiger partial charge on any atom is 0.209 e. The number of para-hydroxylation sites is 1. The second-order valence-electron chi connectivity index (χ2n) is 4.84. The van der Waals surface area contributed by atoms with E-state index in [9.17, 15) is 0 Å². The largest absolute Gasteiger partial charge is 1.00 e. The Morgan fingerprint density at radius 2 is 1.94 bits per heavy atom. The van der Waals surface area contributed by atoms with Crippen LogP contribution in [0.5, 0.6) is 0 Å². The Labute approximate surface area is 131 Å². The monoisotopic (exact) mass is 373 g/mol. The molecule has 0 aromatic heterocycles. The lowest BCUT2D eigenvalue weighted by atomic mass is 9.82. The summed E-state index contributed by atoms with van der Waals surface area (Å²) in [7, 11) is 2.16. The first kappa shape index (κ1) is 15.8. The topological polar surface area (TPSA) is 3.01 Å². The Balaban J connectivity index is 0.00000162. The molecule has 18 heavy (non-hydrogen) atoms. The number of rotatable bonds is 3. The van der Waals surface area contributed by atoms with Crippen LogP contribution >= 0.6 is 11.8 Å². The first-order valence-corrected chi connectivity index (χ1v) is 7.12. The van der Waals surface area contributed by atoms with E-state index in [4.69, 9.17) is 0 Å². The van der Waals surface area contributed by atoms with Gasteiger partial charge in [0.15, 0.2) is 5.71 Å². The summed E-state index contributed by atoms with van der Waals surface area (Å²) >= 11 is 1.85. The van der Waals surface area contributed by atoms with Gasteiger partial charge in [0.2, 0.25) is 5.69 Å². The molecule has 0 spiro atoms. The van der Waals surface area contributed by atoms with Gasteiger partial charge >= 0.3 is 0 Å². The number of nitrogens with zero attached hydrogens (tertiary/aromatic N) is 1. The van der Waals surface area contributed by atoms with Crippen LogP contribution in [0.3, 0.4) is 0 Å². The minimum Gasteiger partial charge on any atom is -1.00 e. The molecule has 0 aliphatic carbocycles. The molecule has 0 saturated heterocycles. The van der Waals surface area contributed by atoms with E-state index in [1.165, 1.54) is 17.0 Å². The minimum atomic E-state index is 0. The number of hydrogen-bond donors (Lipinski definition) is 0. The van der Waals surface area contributed by atoms with Gasteiger partial charge in [-0.1, -0.05) is 25.1 Å². The van der Waals surface area contributed by atoms with Crippen LogP contribution in [-0.4, -0.2) is 23.1 Å². The fourth-order valence-corrected chi connectivity index (χ4v) is 2.93. The summed E-state index contributed by atoms with van der Waals surface area (Å²) in [4.78, 5) is 0. The summed E-state index contributed by atoms with van der Waals surface area (Å²) in [6.45, 7) is 6.77. The van der Waals surface area contributed by atoms with Crippen molar-refractivity contribution in [2.75, 3.05) is 12.8 Å². The van der Waals surface area contributed by atoms with Gasteiger partial charge in [-0.05, 0) is 25.0 Å². The van der Waals surface area contributed by atoms with E-state index in [-0.39, 0.29) is 29.4 Å². The molecule has 0 atom stereocenters. The van der Waals surface area contributed by atoms with Gasteiger partial charge in [0.1, 0.15) is 7.05 Å². The van der Waals surface area contributed by atoms with Gasteiger partial charge in [0.05, 0.1) is 5.41 Å². The van der Waals surface area contributed by atoms with E-state index in [1.54, 1.807) is 0 Å². The van der Waals surface area contributed by atoms with E-state index < -0.39 is 0 Å². The zero-order valence-corrected chi connectivity index (χ0v) is 14.4. The van der Waals surface area contributed by atoms with Gasteiger partial charge in [-0.2, -0.15) is 4.58 Å². The molecule has 0 bridgehead atoms.